The van der Waals surface area contributed by atoms with Crippen molar-refractivity contribution in [1.82, 2.24) is 15.1 Å². The van der Waals surface area contributed by atoms with Crippen molar-refractivity contribution in [3.05, 3.63) is 48.0 Å². The van der Waals surface area contributed by atoms with Gasteiger partial charge in [0.25, 0.3) is 6.02 Å². The van der Waals surface area contributed by atoms with Gasteiger partial charge in [-0.1, -0.05) is 5.16 Å². The van der Waals surface area contributed by atoms with Crippen molar-refractivity contribution >= 4 is 12.0 Å². The largest absolute Gasteiger partial charge is 0.490 e. The Morgan fingerprint density at radius 2 is 1.76 bits per heavy atom. The van der Waals surface area contributed by atoms with Gasteiger partial charge in [0.1, 0.15) is 5.82 Å². The van der Waals surface area contributed by atoms with Crippen LogP contribution in [0.3, 0.4) is 0 Å². The van der Waals surface area contributed by atoms with E-state index in [2.05, 4.69) is 29.6 Å². The van der Waals surface area contributed by atoms with Gasteiger partial charge >= 0.3 is 24.9 Å². The third kappa shape index (κ3) is 7.76. The zero-order valence-corrected chi connectivity index (χ0v) is 20.2. The fraction of sp³-hybridized carbons (Fsp3) is 0.318. The molecule has 19 heteroatoms. The normalized spacial score (nSPS) is 19.1. The molecule has 3 N–H and O–H groups in total. The summed E-state index contributed by atoms with van der Waals surface area (Å²) in [6.45, 7) is -1.73. The maximum atomic E-state index is 14.7. The van der Waals surface area contributed by atoms with Crippen LogP contribution in [0.4, 0.5) is 39.5 Å². The number of hydrogen-bond acceptors (Lipinski definition) is 9. The molecular formula is C22H16F9N5O5. The Kier molecular flexibility index (Phi) is 8.68. The van der Waals surface area contributed by atoms with Gasteiger partial charge in [0, 0.05) is 23.6 Å². The fourth-order valence-corrected chi connectivity index (χ4v) is 3.44. The second-order valence-corrected chi connectivity index (χ2v) is 8.27. The van der Waals surface area contributed by atoms with Crippen molar-refractivity contribution in [2.24, 2.45) is 10.7 Å². The molecule has 1 aromatic carbocycles. The molecule has 2 aromatic heterocycles. The summed E-state index contributed by atoms with van der Waals surface area (Å²) in [5, 5.41) is 10.9. The minimum Gasteiger partial charge on any atom is -0.475 e. The number of carboxylic acid groups (broad SMARTS) is 1. The van der Waals surface area contributed by atoms with Crippen molar-refractivity contribution in [1.29, 1.82) is 0 Å². The van der Waals surface area contributed by atoms with Crippen LogP contribution in [0.25, 0.3) is 22.8 Å². The molecule has 0 saturated heterocycles. The molecule has 41 heavy (non-hydrogen) atoms. The number of amidine groups is 1. The highest BCUT2D eigenvalue weighted by Gasteiger charge is 2.50. The standard InChI is InChI=1S/C20H15F6N5O3.C2HF3O2/c1-19(6-15(20(24,25)26)33-18(27)30-19)11-4-9(2-3-12(11)21)14-5-13(31-34-14)16-28-7-10(8-29-16)32-17(22)23;3-2(4,5)1(6)7/h2-5,7-8,15,17H,6H2,1H3,(H2,27,30);(H,6,7)/t15-,19-;/m0./s1. The molecule has 1 aliphatic rings. The summed E-state index contributed by atoms with van der Waals surface area (Å²) < 4.78 is 125. The number of halogens is 9. The first kappa shape index (κ1) is 31.0. The molecule has 2 atom stereocenters. The zero-order chi connectivity index (χ0) is 30.8. The second-order valence-electron chi connectivity index (χ2n) is 8.27. The quantitative estimate of drug-likeness (QED) is 0.384. The van der Waals surface area contributed by atoms with Gasteiger partial charge in [-0.25, -0.2) is 24.1 Å². The number of aliphatic carboxylic acids is 1. The van der Waals surface area contributed by atoms with E-state index in [-0.39, 0.29) is 34.2 Å². The molecule has 3 aromatic rings. The summed E-state index contributed by atoms with van der Waals surface area (Å²) in [6.07, 6.45) is -10.7. The van der Waals surface area contributed by atoms with Gasteiger partial charge < -0.3 is 24.8 Å². The summed E-state index contributed by atoms with van der Waals surface area (Å²) in [4.78, 5) is 20.5. The molecule has 0 fully saturated rings. The molecule has 0 radical (unpaired) electrons. The third-order valence-electron chi connectivity index (χ3n) is 5.23. The van der Waals surface area contributed by atoms with E-state index < -0.39 is 54.8 Å². The lowest BCUT2D eigenvalue weighted by Crippen LogP contribution is -2.46. The van der Waals surface area contributed by atoms with Gasteiger partial charge in [-0.15, -0.1) is 0 Å². The van der Waals surface area contributed by atoms with Crippen molar-refractivity contribution in [2.75, 3.05) is 0 Å². The van der Waals surface area contributed by atoms with Crippen LogP contribution in [0.1, 0.15) is 18.9 Å². The number of hydrogen-bond donors (Lipinski definition) is 2. The summed E-state index contributed by atoms with van der Waals surface area (Å²) >= 11 is 0. The average molecular weight is 601 g/mol. The second kappa shape index (κ2) is 11.5. The van der Waals surface area contributed by atoms with Crippen molar-refractivity contribution in [3.8, 4) is 28.6 Å². The van der Waals surface area contributed by atoms with Crippen LogP contribution in [0.5, 0.6) is 5.75 Å². The first-order chi connectivity index (χ1) is 18.9. The lowest BCUT2D eigenvalue weighted by atomic mass is 9.84. The summed E-state index contributed by atoms with van der Waals surface area (Å²) in [5.74, 6) is -3.67. The molecular weight excluding hydrogens is 585 g/mol. The SMILES string of the molecule is C[C@@]1(c2cc(-c3cc(-c4ncc(OC(F)F)cn4)no3)ccc2F)C[C@@H](C(F)(F)F)OC(N)=N1.O=C(O)C(F)(F)F. The van der Waals surface area contributed by atoms with Crippen LogP contribution in [0, 0.1) is 5.82 Å². The maximum Gasteiger partial charge on any atom is 0.490 e. The minimum atomic E-state index is -5.08. The number of carboxylic acids is 1. The van der Waals surface area contributed by atoms with Gasteiger partial charge in [0.2, 0.25) is 0 Å². The molecule has 0 amide bonds. The number of rotatable bonds is 5. The molecule has 222 valence electrons. The highest BCUT2D eigenvalue weighted by atomic mass is 19.4. The molecule has 3 heterocycles. The third-order valence-corrected chi connectivity index (χ3v) is 5.23. The number of alkyl halides is 8. The topological polar surface area (TPSA) is 146 Å². The van der Waals surface area contributed by atoms with E-state index in [0.29, 0.717) is 0 Å². The molecule has 0 unspecified atom stereocenters. The Hall–Kier alpha value is -4.58. The highest BCUT2D eigenvalue weighted by Crippen LogP contribution is 2.42. The van der Waals surface area contributed by atoms with Crippen LogP contribution in [0.2, 0.25) is 0 Å². The Labute approximate surface area is 222 Å². The maximum absolute atomic E-state index is 14.7. The van der Waals surface area contributed by atoms with E-state index in [1.165, 1.54) is 25.1 Å². The lowest BCUT2D eigenvalue weighted by molar-refractivity contribution is -0.208. The molecule has 0 spiro atoms. The predicted octanol–water partition coefficient (Wildman–Crippen LogP) is 5.05. The van der Waals surface area contributed by atoms with E-state index in [0.717, 1.165) is 18.5 Å². The van der Waals surface area contributed by atoms with Gasteiger partial charge in [0.05, 0.1) is 17.9 Å². The van der Waals surface area contributed by atoms with Crippen molar-refractivity contribution in [3.63, 3.8) is 0 Å². The van der Waals surface area contributed by atoms with Gasteiger partial charge in [-0.3, -0.25) is 0 Å². The Morgan fingerprint density at radius 3 is 2.29 bits per heavy atom. The van der Waals surface area contributed by atoms with Crippen LogP contribution in [-0.4, -0.2) is 57.3 Å². The van der Waals surface area contributed by atoms with E-state index in [4.69, 9.17) is 20.2 Å². The minimum absolute atomic E-state index is 0.0285. The van der Waals surface area contributed by atoms with E-state index in [9.17, 15) is 39.5 Å². The molecule has 0 saturated carbocycles. The Balaban J connectivity index is 0.000000587. The number of aromatic nitrogens is 3. The summed E-state index contributed by atoms with van der Waals surface area (Å²) in [6, 6.07) is 4.34. The van der Waals surface area contributed by atoms with E-state index in [1.54, 1.807) is 0 Å². The van der Waals surface area contributed by atoms with Crippen LogP contribution in [0.15, 0.2) is 46.2 Å². The average Bonchev–Trinajstić information content (AvgIpc) is 3.33. The molecule has 4 rings (SSSR count). The number of aliphatic imine (C=N–C) groups is 1. The van der Waals surface area contributed by atoms with Crippen LogP contribution in [-0.2, 0) is 15.1 Å². The van der Waals surface area contributed by atoms with Crippen LogP contribution >= 0.6 is 0 Å². The van der Waals surface area contributed by atoms with E-state index >= 15 is 0 Å². The molecule has 10 nitrogen and oxygen atoms in total. The number of nitrogens with two attached hydrogens (primary N) is 1. The first-order valence-electron chi connectivity index (χ1n) is 10.8. The van der Waals surface area contributed by atoms with E-state index in [1.807, 2.05) is 0 Å². The number of carbonyl (C=O) groups is 1. The van der Waals surface area contributed by atoms with Crippen molar-refractivity contribution in [2.45, 2.75) is 44.0 Å². The Morgan fingerprint density at radius 1 is 1.15 bits per heavy atom. The number of benzene rings is 1. The van der Waals surface area contributed by atoms with Gasteiger partial charge in [0.15, 0.2) is 29.1 Å². The fourth-order valence-electron chi connectivity index (χ4n) is 3.44. The summed E-state index contributed by atoms with van der Waals surface area (Å²) in [7, 11) is 0. The predicted molar refractivity (Wildman–Crippen MR) is 118 cm³/mol. The van der Waals surface area contributed by atoms with Gasteiger partial charge in [-0.2, -0.15) is 35.1 Å². The molecule has 1 aliphatic heterocycles. The van der Waals surface area contributed by atoms with Crippen molar-refractivity contribution < 1.29 is 63.4 Å². The monoisotopic (exact) mass is 601 g/mol. The smallest absolute Gasteiger partial charge is 0.475 e. The Bertz CT molecular complexity index is 1410. The number of nitrogens with zero attached hydrogens (tertiary/aromatic N) is 4. The number of ether oxygens (including phenoxy) is 2. The lowest BCUT2D eigenvalue weighted by Gasteiger charge is -2.36. The van der Waals surface area contributed by atoms with Crippen LogP contribution < -0.4 is 10.5 Å². The molecule has 0 aliphatic carbocycles. The highest BCUT2D eigenvalue weighted by molar-refractivity contribution is 5.74. The molecule has 0 bridgehead atoms. The zero-order valence-electron chi connectivity index (χ0n) is 20.2. The first-order valence-corrected chi connectivity index (χ1v) is 10.8. The summed E-state index contributed by atoms with van der Waals surface area (Å²) in [5.41, 5.74) is 4.02. The van der Waals surface area contributed by atoms with Gasteiger partial charge in [-0.05, 0) is 25.1 Å².